The fraction of sp³-hybridized carbons (Fsp3) is 0.0714. The summed E-state index contributed by atoms with van der Waals surface area (Å²) in [5.41, 5.74) is 0.0327. The van der Waals surface area contributed by atoms with E-state index in [1.807, 2.05) is 29.6 Å². The Balaban J connectivity index is 2.00. The van der Waals surface area contributed by atoms with Gasteiger partial charge in [-0.15, -0.1) is 11.3 Å². The summed E-state index contributed by atoms with van der Waals surface area (Å²) in [7, 11) is 0. The Morgan fingerprint density at radius 1 is 1.35 bits per heavy atom. The van der Waals surface area contributed by atoms with Crippen molar-refractivity contribution < 1.29 is 9.90 Å². The van der Waals surface area contributed by atoms with Crippen LogP contribution in [0.2, 0.25) is 0 Å². The molecule has 0 aliphatic carbocycles. The van der Waals surface area contributed by atoms with Crippen molar-refractivity contribution in [3.05, 3.63) is 52.6 Å². The number of carbonyl (C=O) groups is 1. The van der Waals surface area contributed by atoms with Gasteiger partial charge in [0.25, 0.3) is 0 Å². The summed E-state index contributed by atoms with van der Waals surface area (Å²) in [5, 5.41) is 16.9. The van der Waals surface area contributed by atoms with E-state index in [1.54, 1.807) is 23.6 Å². The number of carboxylic acid groups (broad SMARTS) is 1. The highest BCUT2D eigenvalue weighted by molar-refractivity contribution is 7.09. The van der Waals surface area contributed by atoms with Gasteiger partial charge in [-0.1, -0.05) is 24.3 Å². The smallest absolute Gasteiger partial charge is 0.354 e. The third-order valence-corrected chi connectivity index (χ3v) is 3.63. The fourth-order valence-electron chi connectivity index (χ4n) is 1.94. The van der Waals surface area contributed by atoms with Crippen molar-refractivity contribution in [2.24, 2.45) is 0 Å². The van der Waals surface area contributed by atoms with E-state index < -0.39 is 5.97 Å². The molecule has 20 heavy (non-hydrogen) atoms. The maximum Gasteiger partial charge on any atom is 0.354 e. The monoisotopic (exact) mass is 285 g/mol. The van der Waals surface area contributed by atoms with Gasteiger partial charge in [0.05, 0.1) is 6.54 Å². The van der Waals surface area contributed by atoms with Gasteiger partial charge in [-0.05, 0) is 11.5 Å². The van der Waals surface area contributed by atoms with Gasteiger partial charge in [-0.2, -0.15) is 0 Å². The lowest BCUT2D eigenvalue weighted by molar-refractivity contribution is 0.0691. The normalized spacial score (nSPS) is 10.6. The van der Waals surface area contributed by atoms with Gasteiger partial charge in [0.2, 0.25) is 0 Å². The van der Waals surface area contributed by atoms with Crippen LogP contribution in [0.1, 0.15) is 15.5 Å². The molecule has 0 unspecified atom stereocenters. The Bertz CT molecular complexity index is 756. The number of thiazole rings is 1. The second-order valence-corrected chi connectivity index (χ2v) is 5.14. The largest absolute Gasteiger partial charge is 0.477 e. The maximum atomic E-state index is 11.1. The first-order chi connectivity index (χ1) is 9.74. The minimum Gasteiger partial charge on any atom is -0.477 e. The molecule has 2 heterocycles. The molecule has 5 nitrogen and oxygen atoms in total. The molecule has 0 saturated carbocycles. The Morgan fingerprint density at radius 2 is 2.20 bits per heavy atom. The first-order valence-electron chi connectivity index (χ1n) is 5.99. The van der Waals surface area contributed by atoms with Gasteiger partial charge < -0.3 is 10.4 Å². The molecule has 6 heteroatoms. The molecule has 0 bridgehead atoms. The number of aromatic carboxylic acids is 1. The summed E-state index contributed by atoms with van der Waals surface area (Å²) in [4.78, 5) is 19.5. The molecule has 3 aromatic rings. The number of hydrogen-bond acceptors (Lipinski definition) is 5. The van der Waals surface area contributed by atoms with Gasteiger partial charge in [-0.25, -0.2) is 14.8 Å². The molecule has 0 amide bonds. The van der Waals surface area contributed by atoms with E-state index in [1.165, 1.54) is 0 Å². The van der Waals surface area contributed by atoms with Crippen molar-refractivity contribution in [1.29, 1.82) is 0 Å². The molecule has 100 valence electrons. The highest BCUT2D eigenvalue weighted by atomic mass is 32.1. The predicted octanol–water partition coefficient (Wildman–Crippen LogP) is 3.00. The number of hydrogen-bond donors (Lipinski definition) is 2. The van der Waals surface area contributed by atoms with Crippen LogP contribution in [0.4, 0.5) is 5.82 Å². The molecule has 0 saturated heterocycles. The summed E-state index contributed by atoms with van der Waals surface area (Å²) >= 11 is 1.54. The molecule has 0 radical (unpaired) electrons. The number of benzene rings is 1. The van der Waals surface area contributed by atoms with Crippen LogP contribution in [0.3, 0.4) is 0 Å². The summed E-state index contributed by atoms with van der Waals surface area (Å²) in [6.45, 7) is 0.526. The first-order valence-corrected chi connectivity index (χ1v) is 6.87. The maximum absolute atomic E-state index is 11.1. The van der Waals surface area contributed by atoms with Crippen molar-refractivity contribution in [2.75, 3.05) is 5.32 Å². The standard InChI is InChI=1S/C14H11N3O2S/c18-14(19)11-7-9-3-1-2-4-10(9)13(17-11)16-8-12-15-5-6-20-12/h1-7H,8H2,(H,16,17)(H,18,19). The van der Waals surface area contributed by atoms with E-state index >= 15 is 0 Å². The lowest BCUT2D eigenvalue weighted by Gasteiger charge is -2.09. The van der Waals surface area contributed by atoms with Crippen molar-refractivity contribution in [3.63, 3.8) is 0 Å². The van der Waals surface area contributed by atoms with E-state index in [-0.39, 0.29) is 5.69 Å². The second-order valence-electron chi connectivity index (χ2n) is 4.16. The van der Waals surface area contributed by atoms with Crippen molar-refractivity contribution >= 4 is 33.9 Å². The number of rotatable bonds is 4. The zero-order chi connectivity index (χ0) is 13.9. The number of anilines is 1. The number of fused-ring (bicyclic) bond motifs is 1. The minimum absolute atomic E-state index is 0.0327. The Morgan fingerprint density at radius 3 is 2.95 bits per heavy atom. The third-order valence-electron chi connectivity index (χ3n) is 2.85. The Hall–Kier alpha value is -2.47. The number of carboxylic acids is 1. The van der Waals surface area contributed by atoms with Gasteiger partial charge in [-0.3, -0.25) is 0 Å². The average Bonchev–Trinajstić information content (AvgIpc) is 2.97. The topological polar surface area (TPSA) is 75.1 Å². The molecule has 0 aliphatic rings. The van der Waals surface area contributed by atoms with Crippen LogP contribution >= 0.6 is 11.3 Å². The van der Waals surface area contributed by atoms with Crippen LogP contribution in [0.25, 0.3) is 10.8 Å². The van der Waals surface area contributed by atoms with Crippen molar-refractivity contribution in [3.8, 4) is 0 Å². The van der Waals surface area contributed by atoms with Crippen LogP contribution in [-0.4, -0.2) is 21.0 Å². The molecule has 0 atom stereocenters. The average molecular weight is 285 g/mol. The van der Waals surface area contributed by atoms with Crippen LogP contribution < -0.4 is 5.32 Å². The predicted molar refractivity (Wildman–Crippen MR) is 78.1 cm³/mol. The summed E-state index contributed by atoms with van der Waals surface area (Å²) in [5.74, 6) is -0.469. The van der Waals surface area contributed by atoms with Crippen LogP contribution in [0.5, 0.6) is 0 Å². The van der Waals surface area contributed by atoms with Crippen molar-refractivity contribution in [1.82, 2.24) is 9.97 Å². The van der Waals surface area contributed by atoms with Crippen LogP contribution in [-0.2, 0) is 6.54 Å². The van der Waals surface area contributed by atoms with Gasteiger partial charge in [0.1, 0.15) is 10.8 Å². The van der Waals surface area contributed by atoms with E-state index in [0.29, 0.717) is 12.4 Å². The summed E-state index contributed by atoms with van der Waals surface area (Å²) in [6.07, 6.45) is 1.74. The molecule has 3 rings (SSSR count). The van der Waals surface area contributed by atoms with E-state index in [9.17, 15) is 4.79 Å². The second kappa shape index (κ2) is 5.26. The van der Waals surface area contributed by atoms with Crippen LogP contribution in [0.15, 0.2) is 41.9 Å². The molecular formula is C14H11N3O2S. The molecule has 2 N–H and O–H groups in total. The molecule has 1 aromatic carbocycles. The Labute approximate surface area is 118 Å². The van der Waals surface area contributed by atoms with Crippen molar-refractivity contribution in [2.45, 2.75) is 6.54 Å². The molecule has 0 spiro atoms. The Kier molecular flexibility index (Phi) is 3.30. The molecule has 2 aromatic heterocycles. The summed E-state index contributed by atoms with van der Waals surface area (Å²) < 4.78 is 0. The SMILES string of the molecule is O=C(O)c1cc2ccccc2c(NCc2nccs2)n1. The van der Waals surface area contributed by atoms with Crippen LogP contribution in [0, 0.1) is 0 Å². The number of nitrogens with zero attached hydrogens (tertiary/aromatic N) is 2. The third kappa shape index (κ3) is 2.46. The highest BCUT2D eigenvalue weighted by Gasteiger charge is 2.10. The van der Waals surface area contributed by atoms with E-state index in [0.717, 1.165) is 15.8 Å². The van der Waals surface area contributed by atoms with E-state index in [4.69, 9.17) is 5.11 Å². The number of aromatic nitrogens is 2. The number of nitrogens with one attached hydrogen (secondary N) is 1. The molecule has 0 fully saturated rings. The summed E-state index contributed by atoms with van der Waals surface area (Å²) in [6, 6.07) is 9.14. The lowest BCUT2D eigenvalue weighted by atomic mass is 10.1. The molecule has 0 aliphatic heterocycles. The van der Waals surface area contributed by atoms with E-state index in [2.05, 4.69) is 15.3 Å². The van der Waals surface area contributed by atoms with Gasteiger partial charge >= 0.3 is 5.97 Å². The lowest BCUT2D eigenvalue weighted by Crippen LogP contribution is -2.06. The molecular weight excluding hydrogens is 274 g/mol. The zero-order valence-electron chi connectivity index (χ0n) is 10.4. The first kappa shape index (κ1) is 12.6. The fourth-order valence-corrected chi connectivity index (χ4v) is 2.50. The zero-order valence-corrected chi connectivity index (χ0v) is 11.2. The highest BCUT2D eigenvalue weighted by Crippen LogP contribution is 2.23. The van der Waals surface area contributed by atoms with Gasteiger partial charge in [0.15, 0.2) is 5.69 Å². The number of pyridine rings is 1. The minimum atomic E-state index is -1.03. The van der Waals surface area contributed by atoms with Gasteiger partial charge in [0, 0.05) is 17.0 Å². The quantitative estimate of drug-likeness (QED) is 0.770.